The summed E-state index contributed by atoms with van der Waals surface area (Å²) in [6.07, 6.45) is 3.18. The lowest BCUT2D eigenvalue weighted by atomic mass is 9.56. The molecule has 304 valence electrons. The van der Waals surface area contributed by atoms with Crippen molar-refractivity contribution in [3.8, 4) is 23.3 Å². The number of esters is 2. The molecule has 0 amide bonds. The minimum absolute atomic E-state index is 0.0656. The molecule has 0 radical (unpaired) electrons. The first-order valence-corrected chi connectivity index (χ1v) is 20.8. The minimum atomic E-state index is -1.53. The van der Waals surface area contributed by atoms with Crippen molar-refractivity contribution in [2.45, 2.75) is 87.6 Å². The van der Waals surface area contributed by atoms with E-state index in [-0.39, 0.29) is 43.5 Å². The smallest absolute Gasteiger partial charge is 0.335 e. The van der Waals surface area contributed by atoms with E-state index in [1.807, 2.05) is 45.2 Å². The normalized spacial score (nSPS) is 35.0. The van der Waals surface area contributed by atoms with Gasteiger partial charge in [0.1, 0.15) is 35.5 Å². The number of hydrogen-bond acceptors (Lipinski definition) is 15. The number of para-hydroxylation sites is 1. The number of fused-ring (bicyclic) bond motifs is 11. The maximum Gasteiger partial charge on any atom is 0.335 e. The number of ether oxygens (including phenoxy) is 5. The molecule has 1 aliphatic carbocycles. The van der Waals surface area contributed by atoms with Gasteiger partial charge in [-0.05, 0) is 51.3 Å². The van der Waals surface area contributed by atoms with Gasteiger partial charge in [-0.2, -0.15) is 5.26 Å². The molecule has 7 aliphatic heterocycles. The van der Waals surface area contributed by atoms with Gasteiger partial charge in [-0.15, -0.1) is 11.8 Å². The van der Waals surface area contributed by atoms with Crippen LogP contribution in [0.3, 0.4) is 0 Å². The second kappa shape index (κ2) is 13.1. The fourth-order valence-electron chi connectivity index (χ4n) is 11.7. The second-order valence-electron chi connectivity index (χ2n) is 16.9. The summed E-state index contributed by atoms with van der Waals surface area (Å²) in [5.74, 6) is 1.06. The van der Waals surface area contributed by atoms with Crippen LogP contribution in [0.4, 0.5) is 0 Å². The Morgan fingerprint density at radius 3 is 2.69 bits per heavy atom. The molecular formula is C43H46N4O10S. The van der Waals surface area contributed by atoms with E-state index >= 15 is 4.79 Å². The van der Waals surface area contributed by atoms with E-state index in [1.54, 1.807) is 7.11 Å². The largest absolute Gasteiger partial charge is 0.508 e. The Hall–Kier alpha value is -4.72. The molecule has 4 bridgehead atoms. The highest BCUT2D eigenvalue weighted by Crippen LogP contribution is 2.66. The van der Waals surface area contributed by atoms with Crippen molar-refractivity contribution in [3.63, 3.8) is 0 Å². The fraction of sp³-hybridized carbons (Fsp3) is 0.512. The number of allylic oxidation sites excluding steroid dienone is 2. The van der Waals surface area contributed by atoms with Crippen molar-refractivity contribution >= 4 is 34.7 Å². The Morgan fingerprint density at radius 1 is 1.17 bits per heavy atom. The molecule has 1 aromatic heterocycles. The third kappa shape index (κ3) is 4.80. The van der Waals surface area contributed by atoms with Crippen LogP contribution in [0.1, 0.15) is 66.5 Å². The van der Waals surface area contributed by atoms with E-state index in [0.717, 1.165) is 16.5 Å². The highest BCUT2D eigenvalue weighted by atomic mass is 32.2. The van der Waals surface area contributed by atoms with Crippen molar-refractivity contribution < 1.29 is 47.9 Å². The highest BCUT2D eigenvalue weighted by molar-refractivity contribution is 7.99. The first kappa shape index (κ1) is 37.5. The first-order valence-electron chi connectivity index (χ1n) is 19.8. The molecule has 15 heteroatoms. The molecule has 11 rings (SSSR count). The molecule has 14 nitrogen and oxygen atoms in total. The van der Waals surface area contributed by atoms with E-state index in [0.29, 0.717) is 63.9 Å². The topological polar surface area (TPSA) is 176 Å². The Kier molecular flexibility index (Phi) is 8.51. The lowest BCUT2D eigenvalue weighted by Gasteiger charge is -2.67. The summed E-state index contributed by atoms with van der Waals surface area (Å²) in [7, 11) is 3.59. The SMILES string of the molecule is COC1=C(O)C2(C)C3[C@@H]4[C@@H]5SC[C@]6(N[C@H](CO)Cc7c6oc6ccccc76)C(=O)OC[C@@H](c6c7c(c(C)c(OC(C)=O)c65)OCO7)N4[C@@H](C#N)[C@H](C[C@@H]2C=C1C)N3C. The molecule has 8 aliphatic rings. The fourth-order valence-corrected chi connectivity index (χ4v) is 13.3. The van der Waals surface area contributed by atoms with Crippen LogP contribution in [0.25, 0.3) is 11.0 Å². The Balaban J connectivity index is 1.25. The summed E-state index contributed by atoms with van der Waals surface area (Å²) in [5.41, 5.74) is 1.77. The van der Waals surface area contributed by atoms with Crippen LogP contribution in [0, 0.1) is 29.6 Å². The molecule has 8 heterocycles. The summed E-state index contributed by atoms with van der Waals surface area (Å²) >= 11 is 1.47. The lowest BCUT2D eigenvalue weighted by molar-refractivity contribution is -0.169. The van der Waals surface area contributed by atoms with Crippen LogP contribution in [0.15, 0.2) is 51.9 Å². The van der Waals surface area contributed by atoms with Gasteiger partial charge in [0, 0.05) is 64.5 Å². The number of furan rings is 1. The number of nitriles is 1. The van der Waals surface area contributed by atoms with Gasteiger partial charge in [0.25, 0.3) is 0 Å². The number of nitrogens with zero attached hydrogens (tertiary/aromatic N) is 3. The van der Waals surface area contributed by atoms with Gasteiger partial charge in [0.05, 0.1) is 36.5 Å². The molecule has 2 aromatic carbocycles. The number of carbonyl (C=O) groups excluding carboxylic acids is 2. The van der Waals surface area contributed by atoms with Gasteiger partial charge in [-0.3, -0.25) is 19.9 Å². The van der Waals surface area contributed by atoms with Crippen molar-refractivity contribution in [1.29, 1.82) is 5.26 Å². The zero-order chi connectivity index (χ0) is 40.6. The van der Waals surface area contributed by atoms with E-state index in [2.05, 4.69) is 34.2 Å². The van der Waals surface area contributed by atoms with Crippen molar-refractivity contribution in [2.24, 2.45) is 11.3 Å². The van der Waals surface area contributed by atoms with E-state index in [4.69, 9.17) is 28.1 Å². The average molecular weight is 811 g/mol. The highest BCUT2D eigenvalue weighted by Gasteiger charge is 2.68. The Bertz CT molecular complexity index is 2400. The van der Waals surface area contributed by atoms with E-state index in [9.17, 15) is 20.3 Å². The predicted octanol–water partition coefficient (Wildman–Crippen LogP) is 4.83. The third-order valence-electron chi connectivity index (χ3n) is 14.1. The van der Waals surface area contributed by atoms with Crippen LogP contribution in [0.2, 0.25) is 0 Å². The number of nitrogens with one attached hydrogen (secondary N) is 1. The number of rotatable bonds is 3. The van der Waals surface area contributed by atoms with Crippen LogP contribution in [0.5, 0.6) is 17.2 Å². The molecule has 10 atom stereocenters. The molecule has 3 fully saturated rings. The summed E-state index contributed by atoms with van der Waals surface area (Å²) in [4.78, 5) is 32.5. The third-order valence-corrected chi connectivity index (χ3v) is 15.6. The standard InChI is InChI=1S/C43H46N4O10S/c1-19-11-22-12-26-27(14-44)47-28-16-53-41(51)43(40-25(13-23(15-48)45-43)24-9-7-8-10-29(24)57-40)17-58-37(32(47)38(46(26)5)42(22,4)39(50)33(19)52-6)31-30(28)36-35(54-18-55-36)20(2)34(31)56-21(3)49/h7-11,22-23,26-28,32,37-38,45,48,50H,12-13,15-18H2,1-6H3/t22-,23-,26-,27-,28-,32-,37+,38?,42?,43+/m0/s1. The zero-order valence-electron chi connectivity index (χ0n) is 33.2. The lowest BCUT2D eigenvalue weighted by Crippen LogP contribution is -2.77. The first-order chi connectivity index (χ1) is 27.9. The van der Waals surface area contributed by atoms with E-state index in [1.165, 1.54) is 18.7 Å². The van der Waals surface area contributed by atoms with Crippen LogP contribution in [-0.2, 0) is 31.0 Å². The summed E-state index contributed by atoms with van der Waals surface area (Å²) in [6, 6.07) is 7.12. The van der Waals surface area contributed by atoms with Crippen molar-refractivity contribution in [3.05, 3.63) is 75.4 Å². The number of aliphatic hydroxyl groups is 2. The molecular weight excluding hydrogens is 765 g/mol. The van der Waals surface area contributed by atoms with Gasteiger partial charge in [0.2, 0.25) is 6.79 Å². The molecule has 0 saturated carbocycles. The second-order valence-corrected chi connectivity index (χ2v) is 18.0. The molecule has 58 heavy (non-hydrogen) atoms. The number of methoxy groups -OCH3 is 1. The number of hydrogen-bond donors (Lipinski definition) is 3. The minimum Gasteiger partial charge on any atom is -0.508 e. The number of benzene rings is 2. The van der Waals surface area contributed by atoms with E-state index < -0.39 is 58.4 Å². The predicted molar refractivity (Wildman–Crippen MR) is 210 cm³/mol. The van der Waals surface area contributed by atoms with Gasteiger partial charge in [-0.1, -0.05) is 31.2 Å². The van der Waals surface area contributed by atoms with Crippen LogP contribution < -0.4 is 19.5 Å². The molecule has 2 unspecified atom stereocenters. The summed E-state index contributed by atoms with van der Waals surface area (Å²) < 4.78 is 37.5. The number of thioether (sulfide) groups is 1. The Morgan fingerprint density at radius 2 is 1.95 bits per heavy atom. The number of carbonyl (C=O) groups is 2. The number of piperazine rings is 1. The Labute approximate surface area is 339 Å². The monoisotopic (exact) mass is 810 g/mol. The zero-order valence-corrected chi connectivity index (χ0v) is 34.0. The van der Waals surface area contributed by atoms with Gasteiger partial charge in [-0.25, -0.2) is 4.79 Å². The maximum absolute atomic E-state index is 15.0. The molecule has 3 saturated heterocycles. The van der Waals surface area contributed by atoms with Crippen LogP contribution >= 0.6 is 11.8 Å². The number of piperidine rings is 1. The quantitative estimate of drug-likeness (QED) is 0.242. The van der Waals surface area contributed by atoms with Gasteiger partial charge < -0.3 is 38.3 Å². The maximum atomic E-state index is 15.0. The number of aliphatic hydroxyl groups excluding tert-OH is 2. The average Bonchev–Trinajstić information content (AvgIpc) is 3.85. The van der Waals surface area contributed by atoms with Crippen molar-refractivity contribution in [2.75, 3.05) is 39.9 Å². The van der Waals surface area contributed by atoms with Crippen molar-refractivity contribution in [1.82, 2.24) is 15.1 Å². The summed E-state index contributed by atoms with van der Waals surface area (Å²) in [5, 5.41) is 38.1. The van der Waals surface area contributed by atoms with Crippen LogP contribution in [-0.4, -0.2) is 102 Å². The molecule has 3 aromatic rings. The number of likely N-dealkylation sites (N-methyl/N-ethyl adjacent to an activating group) is 1. The van der Waals surface area contributed by atoms with Gasteiger partial charge >= 0.3 is 11.9 Å². The summed E-state index contributed by atoms with van der Waals surface area (Å²) in [6.45, 7) is 6.70. The molecule has 3 N–H and O–H groups in total. The van der Waals surface area contributed by atoms with Gasteiger partial charge in [0.15, 0.2) is 22.8 Å². The molecule has 1 spiro atoms.